The number of piperidine rings is 1. The highest BCUT2D eigenvalue weighted by Gasteiger charge is 2.30. The Balaban J connectivity index is 1.44. The van der Waals surface area contributed by atoms with Gasteiger partial charge < -0.3 is 15.0 Å². The summed E-state index contributed by atoms with van der Waals surface area (Å²) in [6.07, 6.45) is 2.54. The number of nitrogens with zero attached hydrogens (tertiary/aromatic N) is 3. The molecule has 1 amide bonds. The molecule has 2 fully saturated rings. The molecule has 33 heavy (non-hydrogen) atoms. The van der Waals surface area contributed by atoms with Gasteiger partial charge in [-0.1, -0.05) is 17.7 Å². The fourth-order valence-corrected chi connectivity index (χ4v) is 4.99. The van der Waals surface area contributed by atoms with Crippen molar-refractivity contribution in [1.29, 1.82) is 0 Å². The average molecular weight is 467 g/mol. The maximum absolute atomic E-state index is 12.8. The van der Waals surface area contributed by atoms with Crippen LogP contribution in [0.5, 0.6) is 0 Å². The summed E-state index contributed by atoms with van der Waals surface area (Å²) in [6.45, 7) is 9.22. The number of benzene rings is 2. The van der Waals surface area contributed by atoms with E-state index in [1.54, 1.807) is 0 Å². The van der Waals surface area contributed by atoms with E-state index in [9.17, 15) is 4.79 Å². The number of hydrogen-bond acceptors (Lipinski definition) is 4. The van der Waals surface area contributed by atoms with Crippen LogP contribution in [0.2, 0.25) is 5.02 Å². The molecule has 0 saturated carbocycles. The number of aromatic nitrogens is 2. The van der Waals surface area contributed by atoms with E-state index in [1.165, 1.54) is 11.1 Å². The average Bonchev–Trinajstić information content (AvgIpc) is 3.44. The van der Waals surface area contributed by atoms with Crippen molar-refractivity contribution in [3.8, 4) is 5.69 Å². The molecular weight excluding hydrogens is 436 g/mol. The summed E-state index contributed by atoms with van der Waals surface area (Å²) >= 11 is 6.50. The van der Waals surface area contributed by atoms with Gasteiger partial charge in [-0.15, -0.1) is 0 Å². The van der Waals surface area contributed by atoms with E-state index >= 15 is 0 Å². The lowest BCUT2D eigenvalue weighted by molar-refractivity contribution is -0.126. The molecule has 2 aliphatic rings. The minimum absolute atomic E-state index is 0.0398. The number of nitrogens with one attached hydrogen (secondary N) is 1. The molecule has 2 saturated heterocycles. The van der Waals surface area contributed by atoms with Gasteiger partial charge in [0.05, 0.1) is 29.4 Å². The summed E-state index contributed by atoms with van der Waals surface area (Å²) in [5.74, 6) is 1.12. The van der Waals surface area contributed by atoms with E-state index < -0.39 is 0 Å². The van der Waals surface area contributed by atoms with Gasteiger partial charge in [-0.25, -0.2) is 4.98 Å². The van der Waals surface area contributed by atoms with Crippen LogP contribution in [0.15, 0.2) is 30.3 Å². The van der Waals surface area contributed by atoms with Crippen molar-refractivity contribution in [3.63, 3.8) is 0 Å². The number of fused-ring (bicyclic) bond motifs is 1. The van der Waals surface area contributed by atoms with E-state index in [0.717, 1.165) is 72.2 Å². The number of hydrogen-bond donors (Lipinski definition) is 1. The van der Waals surface area contributed by atoms with Gasteiger partial charge in [-0.05, 0) is 81.0 Å². The number of imidazole rings is 1. The van der Waals surface area contributed by atoms with Crippen molar-refractivity contribution in [2.75, 3.05) is 31.2 Å². The van der Waals surface area contributed by atoms with Gasteiger partial charge in [0.2, 0.25) is 11.9 Å². The van der Waals surface area contributed by atoms with Gasteiger partial charge in [0.1, 0.15) is 0 Å². The Bertz CT molecular complexity index is 1190. The van der Waals surface area contributed by atoms with Gasteiger partial charge in [-0.2, -0.15) is 0 Å². The molecular formula is C26H31ClN4O2. The van der Waals surface area contributed by atoms with Crippen molar-refractivity contribution in [3.05, 3.63) is 52.0 Å². The molecule has 6 nitrogen and oxygen atoms in total. The van der Waals surface area contributed by atoms with Crippen LogP contribution >= 0.6 is 11.6 Å². The zero-order valence-corrected chi connectivity index (χ0v) is 20.3. The van der Waals surface area contributed by atoms with Crippen LogP contribution in [0.25, 0.3) is 16.7 Å². The van der Waals surface area contributed by atoms with Crippen LogP contribution in [0.3, 0.4) is 0 Å². The maximum Gasteiger partial charge on any atom is 0.223 e. The van der Waals surface area contributed by atoms with Gasteiger partial charge in [0.15, 0.2) is 0 Å². The van der Waals surface area contributed by atoms with E-state index in [-0.39, 0.29) is 17.9 Å². The number of halogens is 1. The summed E-state index contributed by atoms with van der Waals surface area (Å²) in [5.41, 5.74) is 6.58. The molecule has 0 spiro atoms. The monoisotopic (exact) mass is 466 g/mol. The molecule has 2 aliphatic heterocycles. The fraction of sp³-hybridized carbons (Fsp3) is 0.462. The molecule has 1 atom stereocenters. The summed E-state index contributed by atoms with van der Waals surface area (Å²) < 4.78 is 7.60. The molecule has 0 bridgehead atoms. The summed E-state index contributed by atoms with van der Waals surface area (Å²) in [5, 5.41) is 3.91. The predicted octanol–water partition coefficient (Wildman–Crippen LogP) is 4.73. The highest BCUT2D eigenvalue weighted by molar-refractivity contribution is 6.31. The number of ether oxygens (including phenoxy) is 1. The molecule has 0 aliphatic carbocycles. The molecule has 0 unspecified atom stereocenters. The third kappa shape index (κ3) is 4.34. The molecule has 0 radical (unpaired) electrons. The molecule has 3 aromatic rings. The zero-order valence-electron chi connectivity index (χ0n) is 19.5. The second kappa shape index (κ2) is 8.99. The standard InChI is InChI=1S/C26H31ClN4O2/c1-16-4-5-21(14-22(16)27)31-24-13-18(3)17(2)12-23(24)29-26(31)30-9-6-19(7-10-30)25(32)28-20-8-11-33-15-20/h4-5,12-14,19-20H,6-11,15H2,1-3H3,(H,28,32)/t20-/m1/s1. The summed E-state index contributed by atoms with van der Waals surface area (Å²) in [4.78, 5) is 20.1. The SMILES string of the molecule is Cc1cc2nc(N3CCC(C(=O)N[C@@H]4CCOC4)CC3)n(-c3ccc(C)c(Cl)c3)c2cc1C. The predicted molar refractivity (Wildman–Crippen MR) is 133 cm³/mol. The third-order valence-electron chi connectivity index (χ3n) is 7.09. The highest BCUT2D eigenvalue weighted by Crippen LogP contribution is 2.33. The summed E-state index contributed by atoms with van der Waals surface area (Å²) in [6, 6.07) is 10.7. The summed E-state index contributed by atoms with van der Waals surface area (Å²) in [7, 11) is 0. The quantitative estimate of drug-likeness (QED) is 0.604. The molecule has 7 heteroatoms. The van der Waals surface area contributed by atoms with Crippen molar-refractivity contribution in [2.24, 2.45) is 5.92 Å². The van der Waals surface area contributed by atoms with Crippen LogP contribution in [0, 0.1) is 26.7 Å². The van der Waals surface area contributed by atoms with E-state index in [4.69, 9.17) is 21.3 Å². The lowest BCUT2D eigenvalue weighted by Gasteiger charge is -2.33. The number of amides is 1. The van der Waals surface area contributed by atoms with Crippen molar-refractivity contribution in [1.82, 2.24) is 14.9 Å². The molecule has 174 valence electrons. The Labute approximate surface area is 199 Å². The van der Waals surface area contributed by atoms with Gasteiger partial charge in [0, 0.05) is 30.6 Å². The number of aryl methyl sites for hydroxylation is 3. The Hall–Kier alpha value is -2.57. The molecule has 3 heterocycles. The Morgan fingerprint density at radius 2 is 1.82 bits per heavy atom. The van der Waals surface area contributed by atoms with Crippen molar-refractivity contribution >= 4 is 34.5 Å². The maximum atomic E-state index is 12.8. The lowest BCUT2D eigenvalue weighted by atomic mass is 9.95. The highest BCUT2D eigenvalue weighted by atomic mass is 35.5. The van der Waals surface area contributed by atoms with Gasteiger partial charge >= 0.3 is 0 Å². The first kappa shape index (κ1) is 22.2. The minimum Gasteiger partial charge on any atom is -0.379 e. The molecule has 2 aromatic carbocycles. The number of carbonyl (C=O) groups excluding carboxylic acids is 1. The second-order valence-electron chi connectivity index (χ2n) is 9.44. The van der Waals surface area contributed by atoms with Crippen LogP contribution < -0.4 is 10.2 Å². The first-order valence-electron chi connectivity index (χ1n) is 11.8. The zero-order chi connectivity index (χ0) is 23.1. The second-order valence-corrected chi connectivity index (χ2v) is 9.84. The van der Waals surface area contributed by atoms with Crippen molar-refractivity contribution < 1.29 is 9.53 Å². The van der Waals surface area contributed by atoms with Gasteiger partial charge in [0.25, 0.3) is 0 Å². The number of anilines is 1. The van der Waals surface area contributed by atoms with E-state index in [0.29, 0.717) is 6.61 Å². The van der Waals surface area contributed by atoms with Crippen LogP contribution in [0.1, 0.15) is 36.0 Å². The fourth-order valence-electron chi connectivity index (χ4n) is 4.82. The third-order valence-corrected chi connectivity index (χ3v) is 7.50. The van der Waals surface area contributed by atoms with E-state index in [1.807, 2.05) is 13.0 Å². The first-order valence-corrected chi connectivity index (χ1v) is 12.2. The Morgan fingerprint density at radius 1 is 1.06 bits per heavy atom. The normalized spacial score (nSPS) is 19.4. The molecule has 1 aromatic heterocycles. The van der Waals surface area contributed by atoms with E-state index in [2.05, 4.69) is 52.9 Å². The van der Waals surface area contributed by atoms with Crippen LogP contribution in [0.4, 0.5) is 5.95 Å². The number of carbonyl (C=O) groups is 1. The number of rotatable bonds is 4. The van der Waals surface area contributed by atoms with Crippen LogP contribution in [-0.2, 0) is 9.53 Å². The topological polar surface area (TPSA) is 59.4 Å². The first-order chi connectivity index (χ1) is 15.9. The lowest BCUT2D eigenvalue weighted by Crippen LogP contribution is -2.44. The smallest absolute Gasteiger partial charge is 0.223 e. The Morgan fingerprint density at radius 3 is 2.52 bits per heavy atom. The van der Waals surface area contributed by atoms with Crippen LogP contribution in [-0.4, -0.2) is 47.8 Å². The largest absolute Gasteiger partial charge is 0.379 e. The van der Waals surface area contributed by atoms with Crippen molar-refractivity contribution in [2.45, 2.75) is 46.1 Å². The minimum atomic E-state index is 0.0398. The Kier molecular flexibility index (Phi) is 6.06. The molecule has 1 N–H and O–H groups in total. The van der Waals surface area contributed by atoms with Gasteiger partial charge in [-0.3, -0.25) is 9.36 Å². The molecule has 5 rings (SSSR count).